The molecule has 0 aliphatic heterocycles. The molecule has 0 radical (unpaired) electrons. The van der Waals surface area contributed by atoms with E-state index in [-0.39, 0.29) is 17.4 Å². The van der Waals surface area contributed by atoms with E-state index in [2.05, 4.69) is 5.32 Å². The number of nitrogens with one attached hydrogen (secondary N) is 1. The summed E-state index contributed by atoms with van der Waals surface area (Å²) in [6.07, 6.45) is 2.89. The van der Waals surface area contributed by atoms with Gasteiger partial charge in [-0.2, -0.15) is 0 Å². The van der Waals surface area contributed by atoms with E-state index in [1.165, 1.54) is 31.2 Å². The van der Waals surface area contributed by atoms with Crippen molar-refractivity contribution in [2.75, 3.05) is 5.32 Å². The smallest absolute Gasteiger partial charge is 0.270 e. The molecule has 3 rings (SSSR count). The van der Waals surface area contributed by atoms with Crippen LogP contribution in [0, 0.1) is 10.1 Å². The van der Waals surface area contributed by atoms with Gasteiger partial charge in [-0.1, -0.05) is 24.3 Å². The van der Waals surface area contributed by atoms with E-state index in [1.54, 1.807) is 48.5 Å². The van der Waals surface area contributed by atoms with Gasteiger partial charge in [-0.15, -0.1) is 0 Å². The Labute approximate surface area is 160 Å². The minimum absolute atomic E-state index is 0.0276. The second kappa shape index (κ2) is 8.13. The van der Waals surface area contributed by atoms with Gasteiger partial charge in [0.1, 0.15) is 11.5 Å². The normalized spacial score (nSPS) is 10.8. The molecule has 0 fully saturated rings. The van der Waals surface area contributed by atoms with Crippen LogP contribution in [0.4, 0.5) is 11.4 Å². The van der Waals surface area contributed by atoms with Crippen molar-refractivity contribution in [1.29, 1.82) is 0 Å². The molecule has 140 valence electrons. The number of carbonyl (C=O) groups excluding carboxylic acids is 2. The van der Waals surface area contributed by atoms with Crippen molar-refractivity contribution in [1.82, 2.24) is 0 Å². The van der Waals surface area contributed by atoms with Gasteiger partial charge in [0.2, 0.25) is 5.91 Å². The van der Waals surface area contributed by atoms with Crippen LogP contribution in [-0.2, 0) is 4.79 Å². The molecule has 1 amide bonds. The number of hydrogen-bond donors (Lipinski definition) is 1. The summed E-state index contributed by atoms with van der Waals surface area (Å²) in [5, 5.41) is 13.5. The first kappa shape index (κ1) is 18.8. The number of amides is 1. The van der Waals surface area contributed by atoms with E-state index >= 15 is 0 Å². The second-order valence-corrected chi connectivity index (χ2v) is 5.97. The number of furan rings is 1. The zero-order valence-corrected chi connectivity index (χ0v) is 14.9. The van der Waals surface area contributed by atoms with Gasteiger partial charge < -0.3 is 9.73 Å². The molecule has 7 nitrogen and oxygen atoms in total. The highest BCUT2D eigenvalue weighted by molar-refractivity contribution is 6.07. The maximum Gasteiger partial charge on any atom is 0.270 e. The molecule has 0 atom stereocenters. The molecule has 0 aliphatic carbocycles. The molecule has 28 heavy (non-hydrogen) atoms. The molecule has 1 aromatic heterocycles. The predicted octanol–water partition coefficient (Wildman–Crippen LogP) is 4.71. The Balaban J connectivity index is 1.75. The highest BCUT2D eigenvalue weighted by atomic mass is 16.6. The van der Waals surface area contributed by atoms with Crippen molar-refractivity contribution in [3.05, 3.63) is 88.2 Å². The quantitative estimate of drug-likeness (QED) is 0.290. The number of rotatable bonds is 6. The monoisotopic (exact) mass is 376 g/mol. The van der Waals surface area contributed by atoms with Crippen LogP contribution in [0.25, 0.3) is 17.4 Å². The Morgan fingerprint density at radius 2 is 1.86 bits per heavy atom. The average molecular weight is 376 g/mol. The number of nitrogens with zero attached hydrogens (tertiary/aromatic N) is 1. The van der Waals surface area contributed by atoms with Crippen LogP contribution in [0.15, 0.2) is 71.2 Å². The summed E-state index contributed by atoms with van der Waals surface area (Å²) in [5.74, 6) is 0.432. The number of hydrogen-bond acceptors (Lipinski definition) is 5. The van der Waals surface area contributed by atoms with E-state index in [0.717, 1.165) is 0 Å². The van der Waals surface area contributed by atoms with E-state index < -0.39 is 4.92 Å². The van der Waals surface area contributed by atoms with Crippen LogP contribution in [0.1, 0.15) is 23.0 Å². The van der Waals surface area contributed by atoms with Gasteiger partial charge in [0.25, 0.3) is 5.69 Å². The maximum atomic E-state index is 12.3. The van der Waals surface area contributed by atoms with Crippen molar-refractivity contribution >= 4 is 29.1 Å². The Kier molecular flexibility index (Phi) is 5.45. The van der Waals surface area contributed by atoms with Gasteiger partial charge in [0.15, 0.2) is 5.78 Å². The molecule has 2 aromatic carbocycles. The van der Waals surface area contributed by atoms with Crippen LogP contribution in [-0.4, -0.2) is 16.6 Å². The lowest BCUT2D eigenvalue weighted by atomic mass is 10.1. The first-order chi connectivity index (χ1) is 13.4. The van der Waals surface area contributed by atoms with E-state index in [4.69, 9.17) is 4.42 Å². The van der Waals surface area contributed by atoms with Crippen LogP contribution >= 0.6 is 0 Å². The largest absolute Gasteiger partial charge is 0.457 e. The third kappa shape index (κ3) is 4.59. The molecule has 0 saturated heterocycles. The molecule has 0 aliphatic rings. The summed E-state index contributed by atoms with van der Waals surface area (Å²) >= 11 is 0. The molecule has 0 spiro atoms. The Hall–Kier alpha value is -4.00. The molecule has 1 heterocycles. The Morgan fingerprint density at radius 3 is 2.61 bits per heavy atom. The summed E-state index contributed by atoms with van der Waals surface area (Å²) in [5.41, 5.74) is 1.51. The first-order valence-electron chi connectivity index (χ1n) is 8.37. The van der Waals surface area contributed by atoms with Crippen LogP contribution < -0.4 is 5.32 Å². The van der Waals surface area contributed by atoms with Gasteiger partial charge in [-0.3, -0.25) is 19.7 Å². The van der Waals surface area contributed by atoms with Crippen LogP contribution in [0.2, 0.25) is 0 Å². The lowest BCUT2D eigenvalue weighted by Gasteiger charge is -2.03. The molecule has 1 N–H and O–H groups in total. The number of nitro groups is 1. The standard InChI is InChI=1S/C21H16N2O5/c1-14(24)22-17-6-2-4-15(12-17)20(25)10-8-19-9-11-21(28-19)16-5-3-7-18(13-16)23(26)27/h2-13H,1H3,(H,22,24)/b10-8+. The van der Waals surface area contributed by atoms with E-state index in [0.29, 0.717) is 28.3 Å². The Bertz CT molecular complexity index is 1080. The van der Waals surface area contributed by atoms with Crippen molar-refractivity contribution in [2.24, 2.45) is 0 Å². The first-order valence-corrected chi connectivity index (χ1v) is 8.37. The number of benzene rings is 2. The molecule has 0 unspecified atom stereocenters. The van der Waals surface area contributed by atoms with Gasteiger partial charge >= 0.3 is 0 Å². The summed E-state index contributed by atoms with van der Waals surface area (Å²) in [6, 6.07) is 16.1. The fraction of sp³-hybridized carbons (Fsp3) is 0.0476. The SMILES string of the molecule is CC(=O)Nc1cccc(C(=O)/C=C/c2ccc(-c3cccc([N+](=O)[O-])c3)o2)c1. The minimum Gasteiger partial charge on any atom is -0.457 e. The summed E-state index contributed by atoms with van der Waals surface area (Å²) in [4.78, 5) is 33.9. The van der Waals surface area contributed by atoms with Crippen molar-refractivity contribution < 1.29 is 18.9 Å². The molecular formula is C21H16N2O5. The average Bonchev–Trinajstić information content (AvgIpc) is 3.15. The molecule has 3 aromatic rings. The number of carbonyl (C=O) groups is 2. The number of anilines is 1. The third-order valence-electron chi connectivity index (χ3n) is 3.83. The highest BCUT2D eigenvalue weighted by Crippen LogP contribution is 2.26. The number of allylic oxidation sites excluding steroid dienone is 1. The fourth-order valence-corrected chi connectivity index (χ4v) is 2.58. The fourth-order valence-electron chi connectivity index (χ4n) is 2.58. The van der Waals surface area contributed by atoms with Gasteiger partial charge in [-0.05, 0) is 36.4 Å². The molecule has 7 heteroatoms. The Morgan fingerprint density at radius 1 is 1.07 bits per heavy atom. The zero-order valence-electron chi connectivity index (χ0n) is 14.9. The van der Waals surface area contributed by atoms with Crippen LogP contribution in [0.3, 0.4) is 0 Å². The summed E-state index contributed by atoms with van der Waals surface area (Å²) in [7, 11) is 0. The number of non-ortho nitro benzene ring substituents is 1. The lowest BCUT2D eigenvalue weighted by molar-refractivity contribution is -0.384. The zero-order chi connectivity index (χ0) is 20.1. The maximum absolute atomic E-state index is 12.3. The number of ketones is 1. The topological polar surface area (TPSA) is 102 Å². The van der Waals surface area contributed by atoms with Gasteiger partial charge in [0, 0.05) is 35.9 Å². The lowest BCUT2D eigenvalue weighted by Crippen LogP contribution is -2.06. The molecule has 0 saturated carbocycles. The number of nitro benzene ring substituents is 1. The van der Waals surface area contributed by atoms with E-state index in [1.807, 2.05) is 0 Å². The predicted molar refractivity (Wildman–Crippen MR) is 105 cm³/mol. The molecule has 0 bridgehead atoms. The third-order valence-corrected chi connectivity index (χ3v) is 3.83. The van der Waals surface area contributed by atoms with E-state index in [9.17, 15) is 19.7 Å². The van der Waals surface area contributed by atoms with Crippen molar-refractivity contribution in [3.8, 4) is 11.3 Å². The van der Waals surface area contributed by atoms with Gasteiger partial charge in [0.05, 0.1) is 4.92 Å². The van der Waals surface area contributed by atoms with Crippen molar-refractivity contribution in [3.63, 3.8) is 0 Å². The second-order valence-electron chi connectivity index (χ2n) is 5.97. The summed E-state index contributed by atoms with van der Waals surface area (Å²) in [6.45, 7) is 1.39. The minimum atomic E-state index is -0.471. The van der Waals surface area contributed by atoms with Crippen LogP contribution in [0.5, 0.6) is 0 Å². The highest BCUT2D eigenvalue weighted by Gasteiger charge is 2.10. The summed E-state index contributed by atoms with van der Waals surface area (Å²) < 4.78 is 5.65. The van der Waals surface area contributed by atoms with Crippen molar-refractivity contribution in [2.45, 2.75) is 6.92 Å². The molecular weight excluding hydrogens is 360 g/mol. The van der Waals surface area contributed by atoms with Gasteiger partial charge in [-0.25, -0.2) is 0 Å².